The summed E-state index contributed by atoms with van der Waals surface area (Å²) < 4.78 is 0. The van der Waals surface area contributed by atoms with E-state index in [2.05, 4.69) is 15.3 Å². The fourth-order valence-corrected chi connectivity index (χ4v) is 1.91. The van der Waals surface area contributed by atoms with Crippen LogP contribution in [0.4, 0.5) is 11.5 Å². The first-order valence-electron chi connectivity index (χ1n) is 5.64. The van der Waals surface area contributed by atoms with Crippen molar-refractivity contribution in [2.45, 2.75) is 6.92 Å². The molecule has 1 aromatic rings. The third-order valence-electron chi connectivity index (χ3n) is 2.96. The average molecular weight is 235 g/mol. The number of nitrogens with one attached hydrogen (secondary N) is 1. The molecule has 0 unspecified atom stereocenters. The molecule has 1 fully saturated rings. The molecule has 17 heavy (non-hydrogen) atoms. The quantitative estimate of drug-likeness (QED) is 0.559. The van der Waals surface area contributed by atoms with E-state index in [9.17, 15) is 4.79 Å². The third-order valence-corrected chi connectivity index (χ3v) is 2.96. The number of anilines is 2. The van der Waals surface area contributed by atoms with Gasteiger partial charge in [-0.05, 0) is 12.1 Å². The Kier molecular flexibility index (Phi) is 3.43. The summed E-state index contributed by atoms with van der Waals surface area (Å²) in [5.41, 5.74) is 3.33. The molecule has 0 aromatic carbocycles. The molecular weight excluding hydrogens is 218 g/mol. The largest absolute Gasteiger partial charge is 0.353 e. The van der Waals surface area contributed by atoms with Crippen LogP contribution in [0, 0.1) is 0 Å². The number of aromatic nitrogens is 1. The third kappa shape index (κ3) is 2.65. The number of rotatable bonds is 2. The van der Waals surface area contributed by atoms with Gasteiger partial charge < -0.3 is 15.2 Å². The summed E-state index contributed by atoms with van der Waals surface area (Å²) in [4.78, 5) is 19.5. The Balaban J connectivity index is 1.97. The zero-order chi connectivity index (χ0) is 12.3. The number of carbonyl (C=O) groups is 1. The van der Waals surface area contributed by atoms with E-state index in [1.807, 2.05) is 17.0 Å². The van der Waals surface area contributed by atoms with Gasteiger partial charge in [-0.1, -0.05) is 0 Å². The molecule has 1 aliphatic rings. The number of nitrogens with two attached hydrogens (primary N) is 1. The molecule has 6 heteroatoms. The van der Waals surface area contributed by atoms with Crippen LogP contribution in [0.3, 0.4) is 0 Å². The number of amides is 1. The second-order valence-electron chi connectivity index (χ2n) is 4.04. The van der Waals surface area contributed by atoms with Crippen molar-refractivity contribution in [2.75, 3.05) is 36.5 Å². The molecule has 0 atom stereocenters. The summed E-state index contributed by atoms with van der Waals surface area (Å²) in [7, 11) is 0. The highest BCUT2D eigenvalue weighted by molar-refractivity contribution is 5.73. The number of hydrogen-bond donors (Lipinski definition) is 2. The minimum Gasteiger partial charge on any atom is -0.353 e. The van der Waals surface area contributed by atoms with Crippen LogP contribution in [0.5, 0.6) is 0 Å². The lowest BCUT2D eigenvalue weighted by molar-refractivity contribution is -0.129. The molecule has 0 bridgehead atoms. The normalized spacial score (nSPS) is 15.9. The molecule has 2 heterocycles. The van der Waals surface area contributed by atoms with Gasteiger partial charge in [0.1, 0.15) is 5.82 Å². The van der Waals surface area contributed by atoms with Crippen LogP contribution in [0.2, 0.25) is 0 Å². The Morgan fingerprint density at radius 2 is 2.06 bits per heavy atom. The first-order valence-corrected chi connectivity index (χ1v) is 5.64. The maximum Gasteiger partial charge on any atom is 0.219 e. The van der Waals surface area contributed by atoms with Gasteiger partial charge in [0.05, 0.1) is 11.9 Å². The Morgan fingerprint density at radius 3 is 2.53 bits per heavy atom. The number of hydrogen-bond acceptors (Lipinski definition) is 5. The molecule has 0 aliphatic carbocycles. The highest BCUT2D eigenvalue weighted by Crippen LogP contribution is 2.15. The van der Waals surface area contributed by atoms with Crippen molar-refractivity contribution in [1.82, 2.24) is 9.88 Å². The van der Waals surface area contributed by atoms with Crippen LogP contribution in [0.1, 0.15) is 6.92 Å². The highest BCUT2D eigenvalue weighted by atomic mass is 16.2. The molecule has 1 amide bonds. The first-order chi connectivity index (χ1) is 8.20. The summed E-state index contributed by atoms with van der Waals surface area (Å²) in [6, 6.07) is 3.82. The number of piperazine rings is 1. The van der Waals surface area contributed by atoms with Gasteiger partial charge in [-0.15, -0.1) is 0 Å². The van der Waals surface area contributed by atoms with Crippen LogP contribution in [-0.4, -0.2) is 42.0 Å². The fourth-order valence-electron chi connectivity index (χ4n) is 1.91. The summed E-state index contributed by atoms with van der Waals surface area (Å²) in [5.74, 6) is 6.34. The molecule has 92 valence electrons. The number of nitrogen functional groups attached to an aromatic ring is 1. The topological polar surface area (TPSA) is 74.5 Å². The van der Waals surface area contributed by atoms with Gasteiger partial charge in [-0.3, -0.25) is 10.6 Å². The summed E-state index contributed by atoms with van der Waals surface area (Å²) >= 11 is 0. The Morgan fingerprint density at radius 1 is 1.35 bits per heavy atom. The second-order valence-corrected chi connectivity index (χ2v) is 4.04. The maximum atomic E-state index is 11.2. The van der Waals surface area contributed by atoms with E-state index in [1.54, 1.807) is 13.1 Å². The highest BCUT2D eigenvalue weighted by Gasteiger charge is 2.19. The molecule has 6 nitrogen and oxygen atoms in total. The van der Waals surface area contributed by atoms with E-state index in [0.717, 1.165) is 37.7 Å². The van der Waals surface area contributed by atoms with Gasteiger partial charge in [0.2, 0.25) is 5.91 Å². The molecule has 1 aromatic heterocycles. The molecule has 0 spiro atoms. The summed E-state index contributed by atoms with van der Waals surface area (Å²) in [6.07, 6.45) is 1.70. The Hall–Kier alpha value is -1.82. The minimum absolute atomic E-state index is 0.139. The van der Waals surface area contributed by atoms with E-state index < -0.39 is 0 Å². The van der Waals surface area contributed by atoms with E-state index in [0.29, 0.717) is 0 Å². The average Bonchev–Trinajstić information content (AvgIpc) is 2.39. The van der Waals surface area contributed by atoms with Crippen LogP contribution in [-0.2, 0) is 4.79 Å². The van der Waals surface area contributed by atoms with Crippen molar-refractivity contribution < 1.29 is 4.79 Å². The SMILES string of the molecule is CC(=O)N1CCN(c2ccc(NN)cn2)CC1. The lowest BCUT2D eigenvalue weighted by Gasteiger charge is -2.34. The lowest BCUT2D eigenvalue weighted by Crippen LogP contribution is -2.48. The number of pyridine rings is 1. The maximum absolute atomic E-state index is 11.2. The molecule has 0 saturated carbocycles. The van der Waals surface area contributed by atoms with E-state index >= 15 is 0 Å². The van der Waals surface area contributed by atoms with E-state index in [4.69, 9.17) is 5.84 Å². The zero-order valence-corrected chi connectivity index (χ0v) is 9.89. The monoisotopic (exact) mass is 235 g/mol. The van der Waals surface area contributed by atoms with Gasteiger partial charge in [-0.2, -0.15) is 0 Å². The Bertz CT molecular complexity index is 383. The lowest BCUT2D eigenvalue weighted by atomic mass is 10.3. The standard InChI is InChI=1S/C11H17N5O/c1-9(17)15-4-6-16(7-5-15)11-3-2-10(14-12)8-13-11/h2-3,8,14H,4-7,12H2,1H3. The van der Waals surface area contributed by atoms with Gasteiger partial charge >= 0.3 is 0 Å². The number of carbonyl (C=O) groups excluding carboxylic acids is 1. The van der Waals surface area contributed by atoms with Crippen molar-refractivity contribution in [2.24, 2.45) is 5.84 Å². The molecule has 1 saturated heterocycles. The minimum atomic E-state index is 0.139. The van der Waals surface area contributed by atoms with E-state index in [1.165, 1.54) is 0 Å². The van der Waals surface area contributed by atoms with Crippen LogP contribution < -0.4 is 16.2 Å². The van der Waals surface area contributed by atoms with Gasteiger partial charge in [-0.25, -0.2) is 4.98 Å². The van der Waals surface area contributed by atoms with Crippen LogP contribution in [0.15, 0.2) is 18.3 Å². The summed E-state index contributed by atoms with van der Waals surface area (Å²) in [5, 5.41) is 0. The summed E-state index contributed by atoms with van der Waals surface area (Å²) in [6.45, 7) is 4.77. The Labute approximate surface area is 100 Å². The first kappa shape index (κ1) is 11.7. The van der Waals surface area contributed by atoms with Crippen LogP contribution in [0.25, 0.3) is 0 Å². The molecule has 2 rings (SSSR count). The fraction of sp³-hybridized carbons (Fsp3) is 0.455. The molecule has 0 radical (unpaired) electrons. The van der Waals surface area contributed by atoms with E-state index in [-0.39, 0.29) is 5.91 Å². The molecule has 1 aliphatic heterocycles. The smallest absolute Gasteiger partial charge is 0.219 e. The van der Waals surface area contributed by atoms with Gasteiger partial charge in [0.15, 0.2) is 0 Å². The van der Waals surface area contributed by atoms with Gasteiger partial charge in [0.25, 0.3) is 0 Å². The number of nitrogens with zero attached hydrogens (tertiary/aromatic N) is 3. The van der Waals surface area contributed by atoms with Gasteiger partial charge in [0, 0.05) is 33.1 Å². The number of hydrazine groups is 1. The van der Waals surface area contributed by atoms with Crippen molar-refractivity contribution in [3.05, 3.63) is 18.3 Å². The van der Waals surface area contributed by atoms with Crippen LogP contribution >= 0.6 is 0 Å². The predicted molar refractivity (Wildman–Crippen MR) is 66.5 cm³/mol. The van der Waals surface area contributed by atoms with Crippen molar-refractivity contribution in [1.29, 1.82) is 0 Å². The molecule has 3 N–H and O–H groups in total. The van der Waals surface area contributed by atoms with Crippen molar-refractivity contribution >= 4 is 17.4 Å². The predicted octanol–water partition coefficient (Wildman–Crippen LogP) is 0.0357. The molecular formula is C11H17N5O. The van der Waals surface area contributed by atoms with Crippen molar-refractivity contribution in [3.8, 4) is 0 Å². The zero-order valence-electron chi connectivity index (χ0n) is 9.89. The second kappa shape index (κ2) is 5.01. The van der Waals surface area contributed by atoms with Crippen molar-refractivity contribution in [3.63, 3.8) is 0 Å².